The van der Waals surface area contributed by atoms with E-state index in [0.29, 0.717) is 49.6 Å². The van der Waals surface area contributed by atoms with Gasteiger partial charge in [-0.25, -0.2) is 9.97 Å². The molecule has 322 valence electrons. The minimum Gasteiger partial charge on any atom is -0.467 e. The number of rotatable bonds is 12. The number of furan rings is 1. The number of aryl methyl sites for hydroxylation is 1. The summed E-state index contributed by atoms with van der Waals surface area (Å²) < 4.78 is 7.17. The molecule has 62 heavy (non-hydrogen) atoms. The largest absolute Gasteiger partial charge is 0.467 e. The van der Waals surface area contributed by atoms with Crippen LogP contribution in [0, 0.1) is 18.3 Å². The van der Waals surface area contributed by atoms with Crippen molar-refractivity contribution in [1.29, 1.82) is 0 Å². The number of piperidine rings is 1. The third kappa shape index (κ3) is 9.09. The van der Waals surface area contributed by atoms with Gasteiger partial charge >= 0.3 is 0 Å². The van der Waals surface area contributed by atoms with E-state index in [1.54, 1.807) is 51.6 Å². The van der Waals surface area contributed by atoms with Crippen molar-refractivity contribution in [3.8, 4) is 21.6 Å². The van der Waals surface area contributed by atoms with E-state index in [2.05, 4.69) is 36.1 Å². The Balaban J connectivity index is 0.851. The molecule has 3 unspecified atom stereocenters. The molecule has 0 saturated carbocycles. The van der Waals surface area contributed by atoms with Gasteiger partial charge in [0, 0.05) is 55.8 Å². The number of amides is 4. The van der Waals surface area contributed by atoms with E-state index in [1.807, 2.05) is 81.7 Å². The van der Waals surface area contributed by atoms with Crippen LogP contribution < -0.4 is 16.0 Å². The van der Waals surface area contributed by atoms with E-state index in [-0.39, 0.29) is 37.2 Å². The number of hydrogen-bond donors (Lipinski definition) is 4. The molecule has 3 atom stereocenters. The third-order valence-electron chi connectivity index (χ3n) is 11.6. The lowest BCUT2D eigenvalue weighted by Gasteiger charge is -2.37. The lowest BCUT2D eigenvalue weighted by Crippen LogP contribution is -2.58. The Labute approximate surface area is 362 Å². The highest BCUT2D eigenvalue weighted by atomic mass is 32.1. The number of aliphatic hydroxyl groups excluding tert-OH is 1. The van der Waals surface area contributed by atoms with Crippen molar-refractivity contribution in [2.75, 3.05) is 25.0 Å². The second kappa shape index (κ2) is 17.9. The van der Waals surface area contributed by atoms with Crippen LogP contribution in [0.4, 0.5) is 5.95 Å². The molecular formula is C45H50N10O6S. The predicted molar refractivity (Wildman–Crippen MR) is 233 cm³/mol. The summed E-state index contributed by atoms with van der Waals surface area (Å²) in [5, 5.41) is 28.2. The van der Waals surface area contributed by atoms with Gasteiger partial charge in [0.15, 0.2) is 5.65 Å². The standard InChI is InChI=1S/C45H50N10O6S/c1-27-37(62-26-49-27)30-9-7-28(8-10-30)21-46-41(58)36-20-33(56)24-54(36)43(60)38(45(2,3)4)51-40(57)31-15-17-53(18-16-31)42(59)32-13-11-29(12-14-32)35-23-48-44(55-25-50-52-39(35)55)47-22-34-6-5-19-61-34/h5-14,19,23,25-26,31,33,36,38,56H,15-18,20-22,24H2,1-4H3,(H,46,58)(H,47,48)(H,51,57). The van der Waals surface area contributed by atoms with Crippen molar-refractivity contribution in [3.05, 3.63) is 108 Å². The van der Waals surface area contributed by atoms with Gasteiger partial charge in [0.2, 0.25) is 23.7 Å². The predicted octanol–water partition coefficient (Wildman–Crippen LogP) is 5.09. The number of aromatic nitrogens is 5. The molecule has 2 fully saturated rings. The molecule has 16 nitrogen and oxygen atoms in total. The van der Waals surface area contributed by atoms with Crippen molar-refractivity contribution >= 4 is 46.6 Å². The summed E-state index contributed by atoms with van der Waals surface area (Å²) in [6.07, 6.45) is 5.00. The molecule has 2 aliphatic heterocycles. The number of nitrogens with zero attached hydrogens (tertiary/aromatic N) is 7. The first kappa shape index (κ1) is 42.2. The first-order valence-electron chi connectivity index (χ1n) is 20.7. The topological polar surface area (TPSA) is 200 Å². The van der Waals surface area contributed by atoms with E-state index in [4.69, 9.17) is 4.42 Å². The highest BCUT2D eigenvalue weighted by Crippen LogP contribution is 2.30. The molecule has 2 aromatic carbocycles. The maximum atomic E-state index is 14.2. The number of carbonyl (C=O) groups is 4. The van der Waals surface area contributed by atoms with Crippen LogP contribution in [0.3, 0.4) is 0 Å². The maximum Gasteiger partial charge on any atom is 0.253 e. The van der Waals surface area contributed by atoms with Gasteiger partial charge in [0.25, 0.3) is 5.91 Å². The SMILES string of the molecule is Cc1ncsc1-c1ccc(CNC(=O)C2CC(O)CN2C(=O)C(NC(=O)C2CCN(C(=O)c3ccc(-c4cnc(NCc5ccco5)n5cnnc45)cc3)CC2)C(C)(C)C)cc1. The lowest BCUT2D eigenvalue weighted by atomic mass is 9.84. The van der Waals surface area contributed by atoms with Crippen molar-refractivity contribution in [2.45, 2.75) is 78.2 Å². The summed E-state index contributed by atoms with van der Waals surface area (Å²) >= 11 is 1.57. The van der Waals surface area contributed by atoms with Crippen molar-refractivity contribution < 1.29 is 28.7 Å². The summed E-state index contributed by atoms with van der Waals surface area (Å²) in [4.78, 5) is 68.3. The van der Waals surface area contributed by atoms with Crippen LogP contribution in [0.2, 0.25) is 0 Å². The number of benzene rings is 2. The minimum absolute atomic E-state index is 0.0115. The van der Waals surface area contributed by atoms with Gasteiger partial charge in [-0.1, -0.05) is 57.2 Å². The summed E-state index contributed by atoms with van der Waals surface area (Å²) in [5.74, 6) is -0.280. The first-order chi connectivity index (χ1) is 29.8. The second-order valence-electron chi connectivity index (χ2n) is 17.0. The van der Waals surface area contributed by atoms with Gasteiger partial charge in [-0.05, 0) is 66.1 Å². The zero-order valence-corrected chi connectivity index (χ0v) is 35.9. The van der Waals surface area contributed by atoms with Gasteiger partial charge in [-0.3, -0.25) is 23.6 Å². The van der Waals surface area contributed by atoms with Gasteiger partial charge < -0.3 is 35.3 Å². The monoisotopic (exact) mass is 858 g/mol. The Bertz CT molecular complexity index is 2540. The summed E-state index contributed by atoms with van der Waals surface area (Å²) in [6, 6.07) is 17.0. The normalized spacial score (nSPS) is 17.6. The Hall–Kier alpha value is -6.46. The molecule has 6 heterocycles. The molecule has 0 aliphatic carbocycles. The average molecular weight is 859 g/mol. The van der Waals surface area contributed by atoms with E-state index < -0.39 is 35.4 Å². The molecule has 0 radical (unpaired) electrons. The maximum absolute atomic E-state index is 14.2. The quantitative estimate of drug-likeness (QED) is 0.128. The smallest absolute Gasteiger partial charge is 0.253 e. The molecule has 8 rings (SSSR count). The highest BCUT2D eigenvalue weighted by Gasteiger charge is 2.45. The fourth-order valence-corrected chi connectivity index (χ4v) is 8.90. The Kier molecular flexibility index (Phi) is 12.2. The summed E-state index contributed by atoms with van der Waals surface area (Å²) in [6.45, 7) is 9.00. The number of nitrogens with one attached hydrogen (secondary N) is 3. The van der Waals surface area contributed by atoms with Gasteiger partial charge in [-0.2, -0.15) is 0 Å². The van der Waals surface area contributed by atoms with E-state index in [1.165, 1.54) is 4.90 Å². The lowest BCUT2D eigenvalue weighted by molar-refractivity contribution is -0.144. The zero-order valence-electron chi connectivity index (χ0n) is 35.1. The molecule has 4 amide bonds. The van der Waals surface area contributed by atoms with Crippen LogP contribution in [-0.4, -0.2) is 101 Å². The highest BCUT2D eigenvalue weighted by molar-refractivity contribution is 7.13. The molecule has 17 heteroatoms. The van der Waals surface area contributed by atoms with Crippen molar-refractivity contribution in [3.63, 3.8) is 0 Å². The van der Waals surface area contributed by atoms with Gasteiger partial charge in [-0.15, -0.1) is 21.5 Å². The average Bonchev–Trinajstić information content (AvgIpc) is 4.12. The van der Waals surface area contributed by atoms with Crippen LogP contribution >= 0.6 is 11.3 Å². The van der Waals surface area contributed by atoms with Crippen LogP contribution in [0.25, 0.3) is 27.2 Å². The minimum atomic E-state index is -0.945. The zero-order chi connectivity index (χ0) is 43.5. The number of hydrogen-bond acceptors (Lipinski definition) is 12. The molecule has 0 spiro atoms. The van der Waals surface area contributed by atoms with Crippen molar-refractivity contribution in [1.82, 2.24) is 45.0 Å². The molecule has 2 aliphatic rings. The Morgan fingerprint density at radius 2 is 1.69 bits per heavy atom. The Morgan fingerprint density at radius 3 is 2.37 bits per heavy atom. The third-order valence-corrected chi connectivity index (χ3v) is 12.6. The number of anilines is 1. The number of carbonyl (C=O) groups excluding carboxylic acids is 4. The molecule has 4 N–H and O–H groups in total. The molecule has 4 aromatic heterocycles. The van der Waals surface area contributed by atoms with Gasteiger partial charge in [0.1, 0.15) is 24.2 Å². The number of β-amino-alcohol motifs (C(OH)–C–C–N with tert-alkyl or cyclic N) is 1. The van der Waals surface area contributed by atoms with E-state index in [0.717, 1.165) is 38.6 Å². The second-order valence-corrected chi connectivity index (χ2v) is 17.8. The van der Waals surface area contributed by atoms with Crippen LogP contribution in [0.1, 0.15) is 67.4 Å². The fourth-order valence-electron chi connectivity index (χ4n) is 8.09. The number of aliphatic hydroxyl groups is 1. The van der Waals surface area contributed by atoms with Crippen LogP contribution in [0.15, 0.2) is 89.4 Å². The van der Waals surface area contributed by atoms with Crippen LogP contribution in [0.5, 0.6) is 0 Å². The number of fused-ring (bicyclic) bond motifs is 1. The number of likely N-dealkylation sites (tertiary alicyclic amines) is 2. The molecule has 0 bridgehead atoms. The molecule has 6 aromatic rings. The van der Waals surface area contributed by atoms with E-state index in [9.17, 15) is 24.3 Å². The van der Waals surface area contributed by atoms with Gasteiger partial charge in [0.05, 0.1) is 35.0 Å². The summed E-state index contributed by atoms with van der Waals surface area (Å²) in [7, 11) is 0. The Morgan fingerprint density at radius 1 is 0.952 bits per heavy atom. The van der Waals surface area contributed by atoms with Crippen molar-refractivity contribution in [2.24, 2.45) is 11.3 Å². The molecule has 2 saturated heterocycles. The molecular weight excluding hydrogens is 809 g/mol. The van der Waals surface area contributed by atoms with Crippen LogP contribution in [-0.2, 0) is 27.5 Å². The fraction of sp³-hybridized carbons (Fsp3) is 0.378. The first-order valence-corrected chi connectivity index (χ1v) is 21.6. The number of thiazole rings is 1. The summed E-state index contributed by atoms with van der Waals surface area (Å²) in [5.41, 5.74) is 6.73. The van der Waals surface area contributed by atoms with E-state index >= 15 is 0 Å².